The number of carbonyl (C=O) groups excluding carboxylic acids is 1. The van der Waals surface area contributed by atoms with Crippen LogP contribution in [-0.4, -0.2) is 6.29 Å². The van der Waals surface area contributed by atoms with Crippen LogP contribution in [0.1, 0.15) is 33.6 Å². The summed E-state index contributed by atoms with van der Waals surface area (Å²) in [7, 11) is 0. The molecule has 0 spiro atoms. The Bertz CT molecular complexity index is 125. The second kappa shape index (κ2) is 6.14. The molecule has 0 radical (unpaired) electrons. The van der Waals surface area contributed by atoms with E-state index >= 15 is 0 Å². The average molecular weight is 154 g/mol. The number of hydrogen-bond donors (Lipinski definition) is 0. The highest BCUT2D eigenvalue weighted by Crippen LogP contribution is 2.06. The van der Waals surface area contributed by atoms with E-state index in [2.05, 4.69) is 26.0 Å². The summed E-state index contributed by atoms with van der Waals surface area (Å²) < 4.78 is 0. The van der Waals surface area contributed by atoms with Crippen LogP contribution < -0.4 is 0 Å². The van der Waals surface area contributed by atoms with Gasteiger partial charge in [0.2, 0.25) is 0 Å². The molecule has 0 fully saturated rings. The van der Waals surface area contributed by atoms with Crippen LogP contribution in [0.4, 0.5) is 0 Å². The van der Waals surface area contributed by atoms with Crippen LogP contribution in [0, 0.1) is 11.8 Å². The van der Waals surface area contributed by atoms with Crippen molar-refractivity contribution in [1.29, 1.82) is 0 Å². The Morgan fingerprint density at radius 2 is 2.00 bits per heavy atom. The Hall–Kier alpha value is -0.590. The van der Waals surface area contributed by atoms with Crippen LogP contribution in [-0.2, 0) is 4.79 Å². The van der Waals surface area contributed by atoms with E-state index in [9.17, 15) is 4.79 Å². The molecule has 0 aromatic carbocycles. The maximum atomic E-state index is 10.4. The lowest BCUT2D eigenvalue weighted by Gasteiger charge is -2.01. The summed E-state index contributed by atoms with van der Waals surface area (Å²) in [4.78, 5) is 10.4. The van der Waals surface area contributed by atoms with Gasteiger partial charge in [-0.15, -0.1) is 0 Å². The summed E-state index contributed by atoms with van der Waals surface area (Å²) in [5.74, 6) is 0.823. The molecule has 0 heterocycles. The van der Waals surface area contributed by atoms with E-state index in [-0.39, 0.29) is 5.92 Å². The maximum Gasteiger partial charge on any atom is 0.123 e. The second-order valence-electron chi connectivity index (χ2n) is 3.21. The molecule has 0 unspecified atom stereocenters. The fraction of sp³-hybridized carbons (Fsp3) is 0.700. The fourth-order valence-corrected chi connectivity index (χ4v) is 0.844. The van der Waals surface area contributed by atoms with Gasteiger partial charge in [-0.1, -0.05) is 32.9 Å². The number of allylic oxidation sites excluding steroid dienone is 2. The Balaban J connectivity index is 3.57. The van der Waals surface area contributed by atoms with Gasteiger partial charge < -0.3 is 4.79 Å². The largest absolute Gasteiger partial charge is 0.303 e. The van der Waals surface area contributed by atoms with E-state index < -0.39 is 0 Å². The first-order valence-corrected chi connectivity index (χ1v) is 4.32. The Morgan fingerprint density at radius 3 is 2.36 bits per heavy atom. The monoisotopic (exact) mass is 154 g/mol. The van der Waals surface area contributed by atoms with Crippen molar-refractivity contribution in [1.82, 2.24) is 0 Å². The third-order valence-electron chi connectivity index (χ3n) is 1.68. The predicted octanol–water partition coefficient (Wildman–Crippen LogP) is 2.81. The number of aldehydes is 1. The zero-order chi connectivity index (χ0) is 8.69. The van der Waals surface area contributed by atoms with E-state index in [1.165, 1.54) is 0 Å². The lowest BCUT2D eigenvalue weighted by Crippen LogP contribution is -1.97. The van der Waals surface area contributed by atoms with Gasteiger partial charge >= 0.3 is 0 Å². The van der Waals surface area contributed by atoms with E-state index in [1.807, 2.05) is 6.92 Å². The first-order chi connectivity index (χ1) is 5.20. The molecule has 0 saturated carbocycles. The van der Waals surface area contributed by atoms with Crippen LogP contribution >= 0.6 is 0 Å². The van der Waals surface area contributed by atoms with E-state index in [1.54, 1.807) is 0 Å². The highest BCUT2D eigenvalue weighted by Gasteiger charge is 1.99. The molecule has 1 heteroatoms. The molecule has 0 aromatic heterocycles. The van der Waals surface area contributed by atoms with Crippen LogP contribution in [0.2, 0.25) is 0 Å². The minimum absolute atomic E-state index is 0.227. The van der Waals surface area contributed by atoms with Gasteiger partial charge in [0, 0.05) is 5.92 Å². The van der Waals surface area contributed by atoms with Crippen molar-refractivity contribution in [3.63, 3.8) is 0 Å². The molecule has 0 aliphatic carbocycles. The zero-order valence-corrected chi connectivity index (χ0v) is 7.71. The van der Waals surface area contributed by atoms with Crippen LogP contribution in [0.25, 0.3) is 0 Å². The van der Waals surface area contributed by atoms with E-state index in [0.29, 0.717) is 5.92 Å². The minimum atomic E-state index is 0.227. The minimum Gasteiger partial charge on any atom is -0.303 e. The van der Waals surface area contributed by atoms with Crippen LogP contribution in [0.15, 0.2) is 12.2 Å². The van der Waals surface area contributed by atoms with Gasteiger partial charge in [0.05, 0.1) is 0 Å². The van der Waals surface area contributed by atoms with Gasteiger partial charge in [0.1, 0.15) is 6.29 Å². The standard InChI is InChI=1S/C10H18O/c1-4-10(8-11)7-5-6-9(2)3/h5-6,8-10H,4,7H2,1-3H3/b6-5+/t10-/m0/s1. The second-order valence-corrected chi connectivity index (χ2v) is 3.21. The highest BCUT2D eigenvalue weighted by molar-refractivity contribution is 5.53. The summed E-state index contributed by atoms with van der Waals surface area (Å²) in [6, 6.07) is 0. The van der Waals surface area contributed by atoms with Crippen molar-refractivity contribution < 1.29 is 4.79 Å². The van der Waals surface area contributed by atoms with Crippen molar-refractivity contribution in [3.05, 3.63) is 12.2 Å². The molecule has 0 saturated heterocycles. The molecule has 0 rings (SSSR count). The molecule has 64 valence electrons. The molecule has 1 atom stereocenters. The number of rotatable bonds is 5. The SMILES string of the molecule is CC[C@H](C=O)C/C=C/C(C)C. The lowest BCUT2D eigenvalue weighted by atomic mass is 10.0. The normalized spacial score (nSPS) is 14.2. The molecule has 11 heavy (non-hydrogen) atoms. The van der Waals surface area contributed by atoms with Crippen molar-refractivity contribution >= 4 is 6.29 Å². The van der Waals surface area contributed by atoms with Gasteiger partial charge in [-0.3, -0.25) is 0 Å². The molecule has 0 aliphatic heterocycles. The number of carbonyl (C=O) groups is 1. The van der Waals surface area contributed by atoms with Crippen LogP contribution in [0.5, 0.6) is 0 Å². The van der Waals surface area contributed by atoms with E-state index in [4.69, 9.17) is 0 Å². The molecule has 0 bridgehead atoms. The molecule has 0 N–H and O–H groups in total. The third kappa shape index (κ3) is 5.84. The Morgan fingerprint density at radius 1 is 1.36 bits per heavy atom. The van der Waals surface area contributed by atoms with Gasteiger partial charge in [-0.2, -0.15) is 0 Å². The quantitative estimate of drug-likeness (QED) is 0.439. The molecule has 0 aliphatic rings. The molecular weight excluding hydrogens is 136 g/mol. The predicted molar refractivity (Wildman–Crippen MR) is 48.4 cm³/mol. The first kappa shape index (κ1) is 10.4. The smallest absolute Gasteiger partial charge is 0.123 e. The van der Waals surface area contributed by atoms with Crippen molar-refractivity contribution in [2.75, 3.05) is 0 Å². The fourth-order valence-electron chi connectivity index (χ4n) is 0.844. The van der Waals surface area contributed by atoms with Gasteiger partial charge in [0.15, 0.2) is 0 Å². The summed E-state index contributed by atoms with van der Waals surface area (Å²) in [5, 5.41) is 0. The third-order valence-corrected chi connectivity index (χ3v) is 1.68. The topological polar surface area (TPSA) is 17.1 Å². The average Bonchev–Trinajstić information content (AvgIpc) is 1.98. The summed E-state index contributed by atoms with van der Waals surface area (Å²) in [6.45, 7) is 6.32. The molecule has 0 aromatic rings. The lowest BCUT2D eigenvalue weighted by molar-refractivity contribution is -0.111. The van der Waals surface area contributed by atoms with Gasteiger partial charge in [-0.25, -0.2) is 0 Å². The van der Waals surface area contributed by atoms with E-state index in [0.717, 1.165) is 19.1 Å². The van der Waals surface area contributed by atoms with Crippen molar-refractivity contribution in [2.24, 2.45) is 11.8 Å². The van der Waals surface area contributed by atoms with Crippen molar-refractivity contribution in [2.45, 2.75) is 33.6 Å². The summed E-state index contributed by atoms with van der Waals surface area (Å²) in [6.07, 6.45) is 7.15. The van der Waals surface area contributed by atoms with Gasteiger partial charge in [-0.05, 0) is 18.8 Å². The molecule has 0 amide bonds. The Labute approximate surface area is 69.5 Å². The number of hydrogen-bond acceptors (Lipinski definition) is 1. The summed E-state index contributed by atoms with van der Waals surface area (Å²) in [5.41, 5.74) is 0. The van der Waals surface area contributed by atoms with Crippen LogP contribution in [0.3, 0.4) is 0 Å². The highest BCUT2D eigenvalue weighted by atomic mass is 16.1. The molecular formula is C10H18O. The summed E-state index contributed by atoms with van der Waals surface area (Å²) >= 11 is 0. The molecule has 1 nitrogen and oxygen atoms in total. The maximum absolute atomic E-state index is 10.4. The Kier molecular flexibility index (Phi) is 5.81. The first-order valence-electron chi connectivity index (χ1n) is 4.32. The van der Waals surface area contributed by atoms with Gasteiger partial charge in [0.25, 0.3) is 0 Å². The zero-order valence-electron chi connectivity index (χ0n) is 7.71. The van der Waals surface area contributed by atoms with Crippen molar-refractivity contribution in [3.8, 4) is 0 Å².